The second kappa shape index (κ2) is 2.23. The molecule has 1 rings (SSSR count). The molecule has 2 N–H and O–H groups in total. The summed E-state index contributed by atoms with van der Waals surface area (Å²) in [5.41, 5.74) is 5.28. The number of terminal acetylenes is 1. The molecule has 0 aliphatic rings. The minimum atomic E-state index is -0.637. The Bertz CT molecular complexity index is 294. The van der Waals surface area contributed by atoms with Crippen molar-refractivity contribution >= 4 is 6.03 Å². The maximum Gasteiger partial charge on any atom is 0.339 e. The van der Waals surface area contributed by atoms with Gasteiger partial charge in [0.2, 0.25) is 0 Å². The average molecular weight is 135 g/mol. The molecule has 1 aromatic rings. The van der Waals surface area contributed by atoms with Crippen molar-refractivity contribution in [2.75, 3.05) is 0 Å². The summed E-state index contributed by atoms with van der Waals surface area (Å²) in [4.78, 5) is 10.4. The number of aromatic nitrogens is 2. The summed E-state index contributed by atoms with van der Waals surface area (Å²) in [7, 11) is 0. The lowest BCUT2D eigenvalue weighted by atomic mass is 10.5. The van der Waals surface area contributed by atoms with Gasteiger partial charge in [-0.25, -0.2) is 4.79 Å². The van der Waals surface area contributed by atoms with Crippen LogP contribution in [-0.4, -0.2) is 15.8 Å². The van der Waals surface area contributed by atoms with Crippen molar-refractivity contribution in [1.29, 1.82) is 0 Å². The van der Waals surface area contributed by atoms with E-state index in [1.165, 1.54) is 12.3 Å². The van der Waals surface area contributed by atoms with Crippen LogP contribution in [0.25, 0.3) is 0 Å². The molecule has 4 nitrogen and oxygen atoms in total. The third-order valence-corrected chi connectivity index (χ3v) is 0.963. The lowest BCUT2D eigenvalue weighted by molar-refractivity contribution is 0.247. The quantitative estimate of drug-likeness (QED) is 0.500. The highest BCUT2D eigenvalue weighted by molar-refractivity contribution is 5.73. The molecule has 1 amide bonds. The summed E-state index contributed by atoms with van der Waals surface area (Å²) in [5.74, 6) is 2.26. The minimum Gasteiger partial charge on any atom is -0.350 e. The predicted octanol–water partition coefficient (Wildman–Crippen LogP) is -0.209. The van der Waals surface area contributed by atoms with Crippen molar-refractivity contribution in [2.45, 2.75) is 0 Å². The van der Waals surface area contributed by atoms with Crippen molar-refractivity contribution in [1.82, 2.24) is 9.78 Å². The lowest BCUT2D eigenvalue weighted by Crippen LogP contribution is -2.19. The molecule has 4 heteroatoms. The van der Waals surface area contributed by atoms with Crippen molar-refractivity contribution in [2.24, 2.45) is 5.73 Å². The number of nitrogens with zero attached hydrogens (tertiary/aromatic N) is 2. The number of carbonyl (C=O) groups is 1. The standard InChI is InChI=1S/C6H5N3O/c1-2-5-3-4-9(8-5)6(7)10/h1,3-4H,(H2,7,10). The zero-order chi connectivity index (χ0) is 7.56. The number of nitrogens with two attached hydrogens (primary N) is 1. The highest BCUT2D eigenvalue weighted by atomic mass is 16.2. The zero-order valence-electron chi connectivity index (χ0n) is 5.11. The first-order valence-corrected chi connectivity index (χ1v) is 2.56. The summed E-state index contributed by atoms with van der Waals surface area (Å²) in [6.45, 7) is 0. The number of hydrogen-bond acceptors (Lipinski definition) is 2. The second-order valence-corrected chi connectivity index (χ2v) is 1.63. The second-order valence-electron chi connectivity index (χ2n) is 1.63. The summed E-state index contributed by atoms with van der Waals surface area (Å²) in [6, 6.07) is 0.895. The van der Waals surface area contributed by atoms with Gasteiger partial charge in [0.05, 0.1) is 0 Å². The summed E-state index contributed by atoms with van der Waals surface area (Å²) in [5, 5.41) is 3.63. The van der Waals surface area contributed by atoms with Crippen LogP contribution in [0, 0.1) is 12.3 Å². The molecule has 10 heavy (non-hydrogen) atoms. The third kappa shape index (κ3) is 0.977. The van der Waals surface area contributed by atoms with Gasteiger partial charge in [0.15, 0.2) is 0 Å². The monoisotopic (exact) mass is 135 g/mol. The van der Waals surface area contributed by atoms with Crippen LogP contribution in [0.15, 0.2) is 12.3 Å². The van der Waals surface area contributed by atoms with Gasteiger partial charge in [-0.15, -0.1) is 6.42 Å². The van der Waals surface area contributed by atoms with Gasteiger partial charge in [-0.3, -0.25) is 0 Å². The van der Waals surface area contributed by atoms with Gasteiger partial charge in [0.1, 0.15) is 5.69 Å². The van der Waals surface area contributed by atoms with Crippen molar-refractivity contribution in [3.05, 3.63) is 18.0 Å². The highest BCUT2D eigenvalue weighted by Crippen LogP contribution is 1.90. The lowest BCUT2D eigenvalue weighted by Gasteiger charge is -1.87. The Morgan fingerprint density at radius 2 is 2.60 bits per heavy atom. The van der Waals surface area contributed by atoms with Crippen molar-refractivity contribution in [3.63, 3.8) is 0 Å². The molecule has 0 saturated carbocycles. The first-order valence-electron chi connectivity index (χ1n) is 2.56. The van der Waals surface area contributed by atoms with E-state index < -0.39 is 6.03 Å². The van der Waals surface area contributed by atoms with Crippen LogP contribution in [0.3, 0.4) is 0 Å². The molecule has 0 aromatic carbocycles. The Morgan fingerprint density at radius 1 is 1.90 bits per heavy atom. The fourth-order valence-corrected chi connectivity index (χ4v) is 0.524. The summed E-state index contributed by atoms with van der Waals surface area (Å²) in [6.07, 6.45) is 6.40. The van der Waals surface area contributed by atoms with E-state index in [4.69, 9.17) is 12.2 Å². The molecular weight excluding hydrogens is 130 g/mol. The maximum atomic E-state index is 10.4. The number of primary amides is 1. The molecule has 0 atom stereocenters. The van der Waals surface area contributed by atoms with Gasteiger partial charge in [0, 0.05) is 6.20 Å². The van der Waals surface area contributed by atoms with E-state index in [0.29, 0.717) is 5.69 Å². The van der Waals surface area contributed by atoms with Crippen LogP contribution in [0.2, 0.25) is 0 Å². The Labute approximate surface area is 57.6 Å². The fourth-order valence-electron chi connectivity index (χ4n) is 0.524. The van der Waals surface area contributed by atoms with Crippen LogP contribution in [0.1, 0.15) is 5.69 Å². The van der Waals surface area contributed by atoms with E-state index in [1.54, 1.807) is 0 Å². The predicted molar refractivity (Wildman–Crippen MR) is 35.1 cm³/mol. The molecule has 0 saturated heterocycles. The smallest absolute Gasteiger partial charge is 0.339 e. The van der Waals surface area contributed by atoms with Crippen molar-refractivity contribution < 1.29 is 4.79 Å². The first-order chi connectivity index (χ1) is 4.74. The van der Waals surface area contributed by atoms with Gasteiger partial charge >= 0.3 is 6.03 Å². The largest absolute Gasteiger partial charge is 0.350 e. The highest BCUT2D eigenvalue weighted by Gasteiger charge is 1.98. The molecule has 0 radical (unpaired) electrons. The first kappa shape index (κ1) is 6.36. The normalized spacial score (nSPS) is 8.70. The number of rotatable bonds is 0. The van der Waals surface area contributed by atoms with E-state index in [-0.39, 0.29) is 0 Å². The Kier molecular flexibility index (Phi) is 1.42. The summed E-state index contributed by atoms with van der Waals surface area (Å²) >= 11 is 0. The maximum absolute atomic E-state index is 10.4. The molecule has 0 aliphatic heterocycles. The third-order valence-electron chi connectivity index (χ3n) is 0.963. The van der Waals surface area contributed by atoms with Crippen LogP contribution in [-0.2, 0) is 0 Å². The van der Waals surface area contributed by atoms with Gasteiger partial charge in [-0.05, 0) is 12.0 Å². The van der Waals surface area contributed by atoms with Crippen LogP contribution < -0.4 is 5.73 Å². The van der Waals surface area contributed by atoms with Gasteiger partial charge < -0.3 is 5.73 Å². The topological polar surface area (TPSA) is 60.9 Å². The van der Waals surface area contributed by atoms with Crippen LogP contribution in [0.5, 0.6) is 0 Å². The van der Waals surface area contributed by atoms with Gasteiger partial charge in [-0.1, -0.05) is 0 Å². The SMILES string of the molecule is C#Cc1ccn(C(N)=O)n1. The molecule has 0 fully saturated rings. The number of carbonyl (C=O) groups excluding carboxylic acids is 1. The minimum absolute atomic E-state index is 0.402. The van der Waals surface area contributed by atoms with E-state index in [1.807, 2.05) is 0 Å². The fraction of sp³-hybridized carbons (Fsp3) is 0. The van der Waals surface area contributed by atoms with Crippen molar-refractivity contribution in [3.8, 4) is 12.3 Å². The Hall–Kier alpha value is -1.76. The molecule has 0 spiro atoms. The molecule has 1 heterocycles. The molecular formula is C6H5N3O. The Balaban J connectivity index is 3.02. The van der Waals surface area contributed by atoms with Crippen LogP contribution in [0.4, 0.5) is 4.79 Å². The number of hydrogen-bond donors (Lipinski definition) is 1. The summed E-state index contributed by atoms with van der Waals surface area (Å²) < 4.78 is 0.981. The average Bonchev–Trinajstić information content (AvgIpc) is 2.34. The molecule has 0 unspecified atom stereocenters. The molecule has 0 aliphatic carbocycles. The molecule has 50 valence electrons. The zero-order valence-corrected chi connectivity index (χ0v) is 5.11. The van der Waals surface area contributed by atoms with E-state index in [0.717, 1.165) is 4.68 Å². The Morgan fingerprint density at radius 3 is 2.90 bits per heavy atom. The molecule has 0 bridgehead atoms. The van der Waals surface area contributed by atoms with E-state index in [9.17, 15) is 4.79 Å². The number of amides is 1. The van der Waals surface area contributed by atoms with Crippen LogP contribution >= 0.6 is 0 Å². The van der Waals surface area contributed by atoms with E-state index >= 15 is 0 Å². The van der Waals surface area contributed by atoms with Gasteiger partial charge in [0.25, 0.3) is 0 Å². The molecule has 1 aromatic heterocycles. The van der Waals surface area contributed by atoms with Gasteiger partial charge in [-0.2, -0.15) is 9.78 Å². The van der Waals surface area contributed by atoms with E-state index in [2.05, 4.69) is 11.0 Å².